The molecule has 11 heteroatoms. The summed E-state index contributed by atoms with van der Waals surface area (Å²) >= 11 is 0. The highest BCUT2D eigenvalue weighted by molar-refractivity contribution is 6.02. The van der Waals surface area contributed by atoms with Gasteiger partial charge in [0.05, 0.1) is 49.0 Å². The fourth-order valence-corrected chi connectivity index (χ4v) is 6.88. The number of carbonyl (C=O) groups excluding carboxylic acids is 1. The molecule has 47 heavy (non-hydrogen) atoms. The normalized spacial score (nSPS) is 22.0. The van der Waals surface area contributed by atoms with Crippen molar-refractivity contribution in [3.8, 4) is 18.1 Å². The second-order valence-electron chi connectivity index (χ2n) is 12.3. The maximum Gasteiger partial charge on any atom is 0.247 e. The lowest BCUT2D eigenvalue weighted by atomic mass is 10.00. The van der Waals surface area contributed by atoms with Gasteiger partial charge in [-0.2, -0.15) is 0 Å². The van der Waals surface area contributed by atoms with E-state index in [1.165, 1.54) is 12.4 Å². The van der Waals surface area contributed by atoms with Crippen LogP contribution in [0.2, 0.25) is 0 Å². The van der Waals surface area contributed by atoms with Crippen LogP contribution >= 0.6 is 0 Å². The number of carbonyl (C=O) groups is 1. The lowest BCUT2D eigenvalue weighted by molar-refractivity contribution is -0.111. The summed E-state index contributed by atoms with van der Waals surface area (Å²) in [6.45, 7) is 12.1. The van der Waals surface area contributed by atoms with Gasteiger partial charge in [-0.15, -0.1) is 6.42 Å². The Labute approximate surface area is 276 Å². The summed E-state index contributed by atoms with van der Waals surface area (Å²) in [6, 6.07) is 14.1. The van der Waals surface area contributed by atoms with Gasteiger partial charge in [0.15, 0.2) is 5.82 Å². The molecule has 0 radical (unpaired) electrons. The lowest BCUT2D eigenvalue weighted by Crippen LogP contribution is -2.53. The van der Waals surface area contributed by atoms with E-state index in [1.54, 1.807) is 12.2 Å². The molecular weight excluding hydrogens is 594 g/mol. The molecule has 3 fully saturated rings. The third-order valence-electron chi connectivity index (χ3n) is 9.01. The van der Waals surface area contributed by atoms with Crippen molar-refractivity contribution in [3.63, 3.8) is 0 Å². The van der Waals surface area contributed by atoms with Crippen molar-refractivity contribution in [1.82, 2.24) is 14.9 Å². The number of nitrogens with one attached hydrogen (secondary N) is 2. The molecule has 0 unspecified atom stereocenters. The Morgan fingerprint density at radius 1 is 1.09 bits per heavy atom. The number of ether oxygens (including phenoxy) is 2. The number of amides is 1. The summed E-state index contributed by atoms with van der Waals surface area (Å²) in [7, 11) is 1.64. The first-order valence-corrected chi connectivity index (χ1v) is 16.2. The predicted molar refractivity (Wildman–Crippen MR) is 184 cm³/mol. The third kappa shape index (κ3) is 7.36. The van der Waals surface area contributed by atoms with Gasteiger partial charge in [-0.1, -0.05) is 24.6 Å². The molecule has 3 aromatic rings. The van der Waals surface area contributed by atoms with Crippen LogP contribution in [0.4, 0.5) is 28.7 Å². The van der Waals surface area contributed by atoms with Gasteiger partial charge in [0.25, 0.3) is 0 Å². The maximum atomic E-state index is 12.6. The number of anilines is 5. The maximum absolute atomic E-state index is 12.6. The minimum absolute atomic E-state index is 0.0419. The Morgan fingerprint density at radius 3 is 2.60 bits per heavy atom. The second-order valence-corrected chi connectivity index (χ2v) is 12.3. The molecule has 3 aliphatic rings. The fraction of sp³-hybridized carbons (Fsp3) is 0.417. The number of methoxy groups -OCH3 is 1. The van der Waals surface area contributed by atoms with Crippen LogP contribution in [-0.2, 0) is 14.4 Å². The Hall–Kier alpha value is -4.63. The number of hydrogen-bond donors (Lipinski definition) is 2. The molecule has 3 saturated heterocycles. The van der Waals surface area contributed by atoms with E-state index in [-0.39, 0.29) is 24.2 Å². The summed E-state index contributed by atoms with van der Waals surface area (Å²) in [6.07, 6.45) is 11.7. The molecule has 1 amide bonds. The number of piperidine rings is 1. The van der Waals surface area contributed by atoms with Gasteiger partial charge in [0.2, 0.25) is 5.91 Å². The summed E-state index contributed by atoms with van der Waals surface area (Å²) in [4.78, 5) is 32.5. The van der Waals surface area contributed by atoms with Gasteiger partial charge >= 0.3 is 0 Å². The monoisotopic (exact) mass is 637 g/mol. The summed E-state index contributed by atoms with van der Waals surface area (Å²) in [5.74, 6) is 4.20. The van der Waals surface area contributed by atoms with E-state index in [4.69, 9.17) is 20.7 Å². The third-order valence-corrected chi connectivity index (χ3v) is 9.01. The highest BCUT2D eigenvalue weighted by Gasteiger charge is 2.32. The molecule has 0 saturated carbocycles. The minimum Gasteiger partial charge on any atom is -0.494 e. The van der Waals surface area contributed by atoms with Crippen molar-refractivity contribution >= 4 is 34.6 Å². The Balaban J connectivity index is 1.23. The van der Waals surface area contributed by atoms with Crippen molar-refractivity contribution in [2.45, 2.75) is 57.4 Å². The largest absolute Gasteiger partial charge is 0.494 e. The lowest BCUT2D eigenvalue weighted by Gasteiger charge is -2.44. The second kappa shape index (κ2) is 14.4. The van der Waals surface area contributed by atoms with E-state index < -0.39 is 0 Å². The van der Waals surface area contributed by atoms with Crippen molar-refractivity contribution in [1.29, 1.82) is 0 Å². The number of aromatic nitrogens is 2. The number of rotatable bonds is 9. The molecule has 11 nitrogen and oxygen atoms in total. The quantitative estimate of drug-likeness (QED) is 0.238. The Morgan fingerprint density at radius 2 is 1.87 bits per heavy atom. The average molecular weight is 638 g/mol. The standard InChI is InChI=1S/C36H43N7O4/c1-6-26-9-8-10-27(17-26)31-13-16-46-43(31)35-20-34(37-23-38-35)39-30-18-29(40-36(44)7-2)32(19-33(30)45-5)41-14-11-28(12-15-41)42-21-24(3)47-25(4)22-42/h1,7-10,17-20,23-25,28,31H,2,11-16,21-22H2,3-5H3,(H,40,44)(H,37,38,39)/t24-,25+,31-/m1/s1. The van der Waals surface area contributed by atoms with Gasteiger partial charge in [0.1, 0.15) is 17.9 Å². The van der Waals surface area contributed by atoms with Gasteiger partial charge in [-0.3, -0.25) is 14.5 Å². The topological polar surface area (TPSA) is 104 Å². The number of benzene rings is 2. The van der Waals surface area contributed by atoms with Crippen LogP contribution in [0.15, 0.2) is 61.4 Å². The van der Waals surface area contributed by atoms with E-state index in [9.17, 15) is 4.79 Å². The van der Waals surface area contributed by atoms with Crippen molar-refractivity contribution in [3.05, 3.63) is 72.6 Å². The van der Waals surface area contributed by atoms with Gasteiger partial charge in [-0.25, -0.2) is 15.0 Å². The number of morpholine rings is 1. The van der Waals surface area contributed by atoms with Crippen molar-refractivity contribution in [2.75, 3.05) is 60.5 Å². The zero-order valence-electron chi connectivity index (χ0n) is 27.3. The first kappa shape index (κ1) is 32.3. The number of hydrogen-bond acceptors (Lipinski definition) is 10. The van der Waals surface area contributed by atoms with Crippen LogP contribution in [0.25, 0.3) is 0 Å². The summed E-state index contributed by atoms with van der Waals surface area (Å²) in [5.41, 5.74) is 4.09. The Kier molecular flexibility index (Phi) is 9.92. The zero-order valence-corrected chi connectivity index (χ0v) is 27.3. The van der Waals surface area contributed by atoms with Crippen LogP contribution in [0.3, 0.4) is 0 Å². The molecule has 0 aliphatic carbocycles. The van der Waals surface area contributed by atoms with Crippen LogP contribution in [0.1, 0.15) is 50.3 Å². The molecule has 2 aromatic carbocycles. The molecule has 3 aliphatic heterocycles. The smallest absolute Gasteiger partial charge is 0.247 e. The summed E-state index contributed by atoms with van der Waals surface area (Å²) in [5, 5.41) is 8.20. The van der Waals surface area contributed by atoms with Gasteiger partial charge in [0, 0.05) is 56.3 Å². The molecule has 246 valence electrons. The first-order chi connectivity index (χ1) is 22.8. The van der Waals surface area contributed by atoms with Crippen LogP contribution in [0, 0.1) is 12.3 Å². The van der Waals surface area contributed by atoms with Crippen molar-refractivity contribution < 1.29 is 19.1 Å². The highest BCUT2D eigenvalue weighted by Crippen LogP contribution is 2.41. The van der Waals surface area contributed by atoms with Crippen LogP contribution < -0.4 is 25.3 Å². The molecule has 0 bridgehead atoms. The van der Waals surface area contributed by atoms with Crippen molar-refractivity contribution in [2.24, 2.45) is 0 Å². The van der Waals surface area contributed by atoms with E-state index in [1.807, 2.05) is 42.5 Å². The van der Waals surface area contributed by atoms with Gasteiger partial charge in [-0.05, 0) is 56.5 Å². The molecule has 0 spiro atoms. The average Bonchev–Trinajstić information content (AvgIpc) is 3.59. The van der Waals surface area contributed by atoms with E-state index in [0.29, 0.717) is 41.4 Å². The summed E-state index contributed by atoms with van der Waals surface area (Å²) < 4.78 is 11.8. The highest BCUT2D eigenvalue weighted by atomic mass is 16.7. The number of hydroxylamine groups is 1. The first-order valence-electron chi connectivity index (χ1n) is 16.2. The van der Waals surface area contributed by atoms with E-state index >= 15 is 0 Å². The van der Waals surface area contributed by atoms with Gasteiger partial charge < -0.3 is 25.0 Å². The SMILES string of the molecule is C#Cc1cccc([C@H]2CCON2c2cc(Nc3cc(NC(=O)C=C)c(N4CCC(N5C[C@@H](C)O[C@@H](C)C5)CC4)cc3OC)ncn2)c1. The molecule has 3 atom stereocenters. The van der Waals surface area contributed by atoms with Crippen LogP contribution in [-0.4, -0.2) is 78.9 Å². The zero-order chi connectivity index (χ0) is 32.9. The Bertz CT molecular complexity index is 1620. The molecular formula is C36H43N7O4. The van der Waals surface area contributed by atoms with E-state index in [2.05, 4.69) is 56.7 Å². The number of terminal acetylenes is 1. The number of nitrogens with zero attached hydrogens (tertiary/aromatic N) is 5. The molecule has 4 heterocycles. The predicted octanol–water partition coefficient (Wildman–Crippen LogP) is 5.30. The van der Waals surface area contributed by atoms with Crippen LogP contribution in [0.5, 0.6) is 5.75 Å². The molecule has 2 N–H and O–H groups in total. The molecule has 1 aromatic heterocycles. The fourth-order valence-electron chi connectivity index (χ4n) is 6.88. The minimum atomic E-state index is -0.288. The van der Waals surface area contributed by atoms with E-state index in [0.717, 1.165) is 62.3 Å². The molecule has 6 rings (SSSR count).